The van der Waals surface area contributed by atoms with Crippen LogP contribution in [-0.2, 0) is 17.8 Å². The van der Waals surface area contributed by atoms with Crippen molar-refractivity contribution in [1.29, 1.82) is 0 Å². The molecule has 2 aromatic carbocycles. The maximum absolute atomic E-state index is 13.3. The highest BCUT2D eigenvalue weighted by atomic mass is 19.1. The number of H-pyrrole nitrogens is 1. The summed E-state index contributed by atoms with van der Waals surface area (Å²) in [6, 6.07) is 13.1. The van der Waals surface area contributed by atoms with Crippen LogP contribution in [0.5, 0.6) is 0 Å². The van der Waals surface area contributed by atoms with Gasteiger partial charge in [-0.25, -0.2) is 4.39 Å². The molecule has 0 aliphatic carbocycles. The third kappa shape index (κ3) is 3.82. The number of aromatic amines is 1. The Morgan fingerprint density at radius 2 is 1.88 bits per heavy atom. The van der Waals surface area contributed by atoms with Crippen LogP contribution in [-0.4, -0.2) is 22.0 Å². The number of hydrogen-bond acceptors (Lipinski definition) is 3. The van der Waals surface area contributed by atoms with Crippen LogP contribution in [0.25, 0.3) is 11.0 Å². The molecule has 0 saturated carbocycles. The molecule has 3 rings (SSSR count). The minimum absolute atomic E-state index is 0.116. The Hall–Kier alpha value is -3.22. The molecular formula is C18H16FN3O3. The summed E-state index contributed by atoms with van der Waals surface area (Å²) in [5.41, 5.74) is -0.0390. The normalized spacial score (nSPS) is 10.8. The molecule has 25 heavy (non-hydrogen) atoms. The number of hydrogen-bond donors (Lipinski definition) is 2. The van der Waals surface area contributed by atoms with Gasteiger partial charge in [-0.15, -0.1) is 0 Å². The monoisotopic (exact) mass is 341 g/mol. The first-order chi connectivity index (χ1) is 12.0. The smallest absolute Gasteiger partial charge is 0.316 e. The standard InChI is InChI=1S/C18H16FN3O3/c19-13-6-7-15-14(11-13)21-17(24)18(25)22(15)9-8-20-16(23)10-12-4-2-1-3-5-12/h1-7,11H,8-10H2,(H,20,23)(H,21,24). The number of aromatic nitrogens is 2. The van der Waals surface area contributed by atoms with Crippen LogP contribution in [0.3, 0.4) is 0 Å². The fourth-order valence-corrected chi connectivity index (χ4v) is 2.62. The van der Waals surface area contributed by atoms with Gasteiger partial charge in [0.25, 0.3) is 0 Å². The third-order valence-electron chi connectivity index (χ3n) is 3.80. The summed E-state index contributed by atoms with van der Waals surface area (Å²) >= 11 is 0. The maximum atomic E-state index is 13.3. The lowest BCUT2D eigenvalue weighted by Crippen LogP contribution is -2.39. The second-order valence-electron chi connectivity index (χ2n) is 5.58. The maximum Gasteiger partial charge on any atom is 0.316 e. The van der Waals surface area contributed by atoms with Crippen molar-refractivity contribution in [3.05, 3.63) is 80.6 Å². The van der Waals surface area contributed by atoms with Crippen molar-refractivity contribution in [3.8, 4) is 0 Å². The summed E-state index contributed by atoms with van der Waals surface area (Å²) in [5, 5.41) is 2.72. The fourth-order valence-electron chi connectivity index (χ4n) is 2.62. The average Bonchev–Trinajstić information content (AvgIpc) is 2.59. The molecule has 0 aliphatic rings. The van der Waals surface area contributed by atoms with Crippen molar-refractivity contribution in [2.24, 2.45) is 0 Å². The Bertz CT molecular complexity index is 1030. The third-order valence-corrected chi connectivity index (χ3v) is 3.80. The molecule has 0 bridgehead atoms. The molecule has 0 unspecified atom stereocenters. The Morgan fingerprint density at radius 3 is 2.64 bits per heavy atom. The van der Waals surface area contributed by atoms with E-state index in [2.05, 4.69) is 10.3 Å². The van der Waals surface area contributed by atoms with Crippen LogP contribution in [0.4, 0.5) is 4.39 Å². The van der Waals surface area contributed by atoms with Gasteiger partial charge in [-0.3, -0.25) is 14.4 Å². The van der Waals surface area contributed by atoms with Gasteiger partial charge in [-0.1, -0.05) is 30.3 Å². The molecular weight excluding hydrogens is 325 g/mol. The highest BCUT2D eigenvalue weighted by molar-refractivity contribution is 5.78. The Labute approximate surface area is 141 Å². The van der Waals surface area contributed by atoms with Crippen molar-refractivity contribution in [1.82, 2.24) is 14.9 Å². The van der Waals surface area contributed by atoms with E-state index in [0.717, 1.165) is 11.6 Å². The van der Waals surface area contributed by atoms with Crippen LogP contribution in [0, 0.1) is 5.82 Å². The lowest BCUT2D eigenvalue weighted by Gasteiger charge is -2.10. The van der Waals surface area contributed by atoms with E-state index in [9.17, 15) is 18.8 Å². The molecule has 7 heteroatoms. The van der Waals surface area contributed by atoms with E-state index in [-0.39, 0.29) is 30.9 Å². The van der Waals surface area contributed by atoms with Crippen molar-refractivity contribution in [2.75, 3.05) is 6.54 Å². The van der Waals surface area contributed by atoms with Gasteiger partial charge in [-0.05, 0) is 23.8 Å². The second-order valence-corrected chi connectivity index (χ2v) is 5.58. The van der Waals surface area contributed by atoms with Crippen molar-refractivity contribution in [2.45, 2.75) is 13.0 Å². The first-order valence-electron chi connectivity index (χ1n) is 7.77. The molecule has 1 amide bonds. The van der Waals surface area contributed by atoms with Crippen molar-refractivity contribution in [3.63, 3.8) is 0 Å². The second kappa shape index (κ2) is 7.12. The summed E-state index contributed by atoms with van der Waals surface area (Å²) < 4.78 is 14.5. The topological polar surface area (TPSA) is 84.0 Å². The van der Waals surface area contributed by atoms with Crippen molar-refractivity contribution >= 4 is 16.9 Å². The number of benzene rings is 2. The minimum Gasteiger partial charge on any atom is -0.354 e. The summed E-state index contributed by atoms with van der Waals surface area (Å²) in [6.07, 6.45) is 0.233. The predicted molar refractivity (Wildman–Crippen MR) is 91.9 cm³/mol. The lowest BCUT2D eigenvalue weighted by atomic mass is 10.1. The van der Waals surface area contributed by atoms with E-state index in [4.69, 9.17) is 0 Å². The van der Waals surface area contributed by atoms with Gasteiger partial charge in [0.1, 0.15) is 5.82 Å². The molecule has 1 aromatic heterocycles. The molecule has 0 atom stereocenters. The molecule has 128 valence electrons. The Morgan fingerprint density at radius 1 is 1.12 bits per heavy atom. The van der Waals surface area contributed by atoms with E-state index in [1.165, 1.54) is 16.7 Å². The van der Waals surface area contributed by atoms with Crippen molar-refractivity contribution < 1.29 is 9.18 Å². The fraction of sp³-hybridized carbons (Fsp3) is 0.167. The largest absolute Gasteiger partial charge is 0.354 e. The molecule has 6 nitrogen and oxygen atoms in total. The van der Waals surface area contributed by atoms with E-state index in [0.29, 0.717) is 5.52 Å². The number of halogens is 1. The number of amides is 1. The highest BCUT2D eigenvalue weighted by Crippen LogP contribution is 2.10. The first-order valence-corrected chi connectivity index (χ1v) is 7.77. The van der Waals surface area contributed by atoms with E-state index < -0.39 is 16.9 Å². The molecule has 0 radical (unpaired) electrons. The molecule has 0 spiro atoms. The van der Waals surface area contributed by atoms with Crippen LogP contribution in [0.15, 0.2) is 58.1 Å². The number of fused-ring (bicyclic) bond motifs is 1. The van der Waals surface area contributed by atoms with Gasteiger partial charge in [-0.2, -0.15) is 0 Å². The number of nitrogens with one attached hydrogen (secondary N) is 2. The molecule has 1 heterocycles. The number of carbonyl (C=O) groups excluding carboxylic acids is 1. The Kier molecular flexibility index (Phi) is 4.74. The van der Waals surface area contributed by atoms with Crippen LogP contribution in [0.1, 0.15) is 5.56 Å². The van der Waals surface area contributed by atoms with Gasteiger partial charge < -0.3 is 14.9 Å². The Balaban J connectivity index is 1.73. The highest BCUT2D eigenvalue weighted by Gasteiger charge is 2.09. The molecule has 3 aromatic rings. The molecule has 2 N–H and O–H groups in total. The first kappa shape index (κ1) is 16.6. The summed E-state index contributed by atoms with van der Waals surface area (Å²) in [6.45, 7) is 0.299. The number of rotatable bonds is 5. The zero-order valence-electron chi connectivity index (χ0n) is 13.3. The van der Waals surface area contributed by atoms with E-state index in [1.807, 2.05) is 30.3 Å². The molecule has 0 aliphatic heterocycles. The quantitative estimate of drug-likeness (QED) is 0.684. The molecule has 0 fully saturated rings. The zero-order valence-corrected chi connectivity index (χ0v) is 13.3. The van der Waals surface area contributed by atoms with Gasteiger partial charge in [0.05, 0.1) is 17.5 Å². The summed E-state index contributed by atoms with van der Waals surface area (Å²) in [4.78, 5) is 38.1. The van der Waals surface area contributed by atoms with Gasteiger partial charge in [0.15, 0.2) is 0 Å². The molecule has 0 saturated heterocycles. The number of carbonyl (C=O) groups is 1. The van der Waals surface area contributed by atoms with Gasteiger partial charge >= 0.3 is 11.1 Å². The summed E-state index contributed by atoms with van der Waals surface area (Å²) in [5.74, 6) is -0.691. The number of nitrogens with zero attached hydrogens (tertiary/aromatic N) is 1. The van der Waals surface area contributed by atoms with E-state index in [1.54, 1.807) is 0 Å². The minimum atomic E-state index is -0.825. The summed E-state index contributed by atoms with van der Waals surface area (Å²) in [7, 11) is 0. The van der Waals surface area contributed by atoms with Gasteiger partial charge in [0, 0.05) is 13.1 Å². The SMILES string of the molecule is O=C(Cc1ccccc1)NCCn1c(=O)c(=O)[nH]c2cc(F)ccc21. The average molecular weight is 341 g/mol. The van der Waals surface area contributed by atoms with Gasteiger partial charge in [0.2, 0.25) is 5.91 Å². The van der Waals surface area contributed by atoms with E-state index >= 15 is 0 Å². The zero-order chi connectivity index (χ0) is 17.8. The lowest BCUT2D eigenvalue weighted by molar-refractivity contribution is -0.120. The van der Waals surface area contributed by atoms with Crippen LogP contribution in [0.2, 0.25) is 0 Å². The predicted octanol–water partition coefficient (Wildman–Crippen LogP) is 1.19. The van der Waals surface area contributed by atoms with Crippen LogP contribution < -0.4 is 16.4 Å². The van der Waals surface area contributed by atoms with Crippen LogP contribution >= 0.6 is 0 Å².